The second kappa shape index (κ2) is 6.28. The van der Waals surface area contributed by atoms with Gasteiger partial charge in [0.25, 0.3) is 0 Å². The van der Waals surface area contributed by atoms with Crippen molar-refractivity contribution in [3.8, 4) is 11.1 Å². The lowest BCUT2D eigenvalue weighted by Crippen LogP contribution is -2.15. The maximum absolute atomic E-state index is 11.7. The zero-order valence-corrected chi connectivity index (χ0v) is 13.2. The van der Waals surface area contributed by atoms with Crippen molar-refractivity contribution in [2.45, 2.75) is 0 Å². The quantitative estimate of drug-likeness (QED) is 0.682. The highest BCUT2D eigenvalue weighted by Crippen LogP contribution is 2.40. The van der Waals surface area contributed by atoms with Crippen LogP contribution >= 0.6 is 22.9 Å². The second-order valence-electron chi connectivity index (χ2n) is 4.57. The first-order valence-electron chi connectivity index (χ1n) is 6.50. The number of thiophene rings is 1. The summed E-state index contributed by atoms with van der Waals surface area (Å²) in [7, 11) is 0. The molecule has 0 aliphatic heterocycles. The fourth-order valence-corrected chi connectivity index (χ4v) is 3.35. The molecule has 2 aromatic heterocycles. The minimum absolute atomic E-state index is 0.0424. The highest BCUT2D eigenvalue weighted by atomic mass is 35.5. The van der Waals surface area contributed by atoms with E-state index in [0.717, 1.165) is 11.3 Å². The smallest absolute Gasteiger partial charge is 0.339 e. The topological polar surface area (TPSA) is 70.8 Å². The van der Waals surface area contributed by atoms with Gasteiger partial charge in [-0.15, -0.1) is 11.3 Å². The highest BCUT2D eigenvalue weighted by molar-refractivity contribution is 7.15. The summed E-state index contributed by atoms with van der Waals surface area (Å²) in [4.78, 5) is 24.3. The molecule has 0 aliphatic rings. The van der Waals surface area contributed by atoms with Crippen LogP contribution in [0.2, 0.25) is 5.02 Å². The van der Waals surface area contributed by atoms with Gasteiger partial charge in [0.2, 0.25) is 12.3 Å². The first-order valence-corrected chi connectivity index (χ1v) is 7.76. The van der Waals surface area contributed by atoms with Crippen molar-refractivity contribution in [1.82, 2.24) is 0 Å². The van der Waals surface area contributed by atoms with Gasteiger partial charge in [-0.05, 0) is 23.8 Å². The Hall–Kier alpha value is -2.57. The van der Waals surface area contributed by atoms with Crippen molar-refractivity contribution in [2.75, 3.05) is 4.90 Å². The van der Waals surface area contributed by atoms with Crippen LogP contribution in [0.3, 0.4) is 0 Å². The summed E-state index contributed by atoms with van der Waals surface area (Å²) in [6.45, 7) is 0. The maximum atomic E-state index is 11.7. The van der Waals surface area contributed by atoms with Gasteiger partial charge in [0.1, 0.15) is 10.6 Å². The number of benzene rings is 1. The predicted molar refractivity (Wildman–Crippen MR) is 88.6 cm³/mol. The van der Waals surface area contributed by atoms with E-state index in [2.05, 4.69) is 0 Å². The molecule has 1 amide bonds. The van der Waals surface area contributed by atoms with E-state index >= 15 is 0 Å². The number of rotatable bonds is 5. The number of amides is 1. The second-order valence-corrected chi connectivity index (χ2v) is 5.86. The Morgan fingerprint density at radius 2 is 2.00 bits per heavy atom. The van der Waals surface area contributed by atoms with Crippen molar-refractivity contribution < 1.29 is 19.1 Å². The standard InChI is InChI=1S/C16H10ClNO4S/c17-11-5-3-10(4-6-11)12-8-23-15(14(12)16(20)21)18(9-19)13-2-1-7-22-13/h1-9H,(H,20,21). The van der Waals surface area contributed by atoms with Gasteiger partial charge in [-0.3, -0.25) is 4.79 Å². The lowest BCUT2D eigenvalue weighted by molar-refractivity contribution is -0.106. The van der Waals surface area contributed by atoms with E-state index in [4.69, 9.17) is 16.0 Å². The van der Waals surface area contributed by atoms with Crippen LogP contribution in [0.4, 0.5) is 10.9 Å². The van der Waals surface area contributed by atoms with Crippen LogP contribution in [0.1, 0.15) is 10.4 Å². The molecule has 3 rings (SSSR count). The van der Waals surface area contributed by atoms with Crippen LogP contribution in [-0.4, -0.2) is 17.5 Å². The molecule has 0 fully saturated rings. The third-order valence-electron chi connectivity index (χ3n) is 3.21. The van der Waals surface area contributed by atoms with Crippen LogP contribution in [0.15, 0.2) is 52.5 Å². The van der Waals surface area contributed by atoms with Crippen molar-refractivity contribution in [1.29, 1.82) is 0 Å². The summed E-state index contributed by atoms with van der Waals surface area (Å²) in [6.07, 6.45) is 1.95. The summed E-state index contributed by atoms with van der Waals surface area (Å²) < 4.78 is 5.20. The molecular formula is C16H10ClNO4S. The van der Waals surface area contributed by atoms with Gasteiger partial charge in [0.15, 0.2) is 0 Å². The van der Waals surface area contributed by atoms with Gasteiger partial charge in [-0.2, -0.15) is 0 Å². The summed E-state index contributed by atoms with van der Waals surface area (Å²) in [6, 6.07) is 10.0. The minimum atomic E-state index is -1.12. The lowest BCUT2D eigenvalue weighted by atomic mass is 10.0. The predicted octanol–water partition coefficient (Wildman–Crippen LogP) is 4.65. The van der Waals surface area contributed by atoms with Crippen LogP contribution in [0.5, 0.6) is 0 Å². The van der Waals surface area contributed by atoms with Gasteiger partial charge in [0, 0.05) is 22.0 Å². The van der Waals surface area contributed by atoms with E-state index in [-0.39, 0.29) is 16.4 Å². The molecule has 0 aliphatic carbocycles. The number of carbonyl (C=O) groups is 2. The molecule has 0 bridgehead atoms. The number of anilines is 2. The highest BCUT2D eigenvalue weighted by Gasteiger charge is 2.25. The van der Waals surface area contributed by atoms with E-state index in [0.29, 0.717) is 22.6 Å². The Bertz CT molecular complexity index is 840. The van der Waals surface area contributed by atoms with Gasteiger partial charge in [0.05, 0.1) is 6.26 Å². The van der Waals surface area contributed by atoms with Crippen molar-refractivity contribution in [2.24, 2.45) is 0 Å². The summed E-state index contributed by atoms with van der Waals surface area (Å²) in [5.41, 5.74) is 1.27. The number of furan rings is 1. The Labute approximate surface area is 140 Å². The molecule has 0 saturated heterocycles. The Morgan fingerprint density at radius 3 is 2.57 bits per heavy atom. The minimum Gasteiger partial charge on any atom is -0.478 e. The zero-order chi connectivity index (χ0) is 16.4. The molecule has 7 heteroatoms. The van der Waals surface area contributed by atoms with E-state index in [1.54, 1.807) is 41.8 Å². The van der Waals surface area contributed by atoms with Gasteiger partial charge in [-0.1, -0.05) is 23.7 Å². The number of carboxylic acids is 1. The Balaban J connectivity index is 2.14. The molecule has 1 N–H and O–H groups in total. The number of carboxylic acid groups (broad SMARTS) is 1. The Kier molecular flexibility index (Phi) is 4.18. The molecule has 0 radical (unpaired) electrons. The van der Waals surface area contributed by atoms with Crippen LogP contribution in [-0.2, 0) is 4.79 Å². The Morgan fingerprint density at radius 1 is 1.26 bits per heavy atom. The number of carbonyl (C=O) groups excluding carboxylic acids is 1. The molecule has 116 valence electrons. The number of hydrogen-bond donors (Lipinski definition) is 1. The van der Waals surface area contributed by atoms with Gasteiger partial charge in [-0.25, -0.2) is 9.69 Å². The molecule has 5 nitrogen and oxygen atoms in total. The first kappa shape index (κ1) is 15.3. The molecular weight excluding hydrogens is 338 g/mol. The lowest BCUT2D eigenvalue weighted by Gasteiger charge is -2.13. The normalized spacial score (nSPS) is 10.5. The summed E-state index contributed by atoms with van der Waals surface area (Å²) in [5.74, 6) is -0.864. The van der Waals surface area contributed by atoms with E-state index in [1.165, 1.54) is 11.2 Å². The summed E-state index contributed by atoms with van der Waals surface area (Å²) in [5, 5.41) is 12.1. The van der Waals surface area contributed by atoms with E-state index in [9.17, 15) is 14.7 Å². The largest absolute Gasteiger partial charge is 0.478 e. The number of nitrogens with zero attached hydrogens (tertiary/aromatic N) is 1. The molecule has 3 aromatic rings. The average Bonchev–Trinajstić information content (AvgIpc) is 3.19. The van der Waals surface area contributed by atoms with Crippen molar-refractivity contribution in [3.05, 3.63) is 58.6 Å². The molecule has 23 heavy (non-hydrogen) atoms. The SMILES string of the molecule is O=CN(c1ccco1)c1scc(-c2ccc(Cl)cc2)c1C(=O)O. The van der Waals surface area contributed by atoms with Gasteiger partial charge >= 0.3 is 5.97 Å². The monoisotopic (exact) mass is 347 g/mol. The summed E-state index contributed by atoms with van der Waals surface area (Å²) >= 11 is 7.02. The molecule has 0 spiro atoms. The average molecular weight is 348 g/mol. The maximum Gasteiger partial charge on any atom is 0.339 e. The molecule has 0 saturated carbocycles. The first-order chi connectivity index (χ1) is 11.1. The van der Waals surface area contributed by atoms with Crippen molar-refractivity contribution >= 4 is 46.2 Å². The van der Waals surface area contributed by atoms with Crippen LogP contribution < -0.4 is 4.90 Å². The van der Waals surface area contributed by atoms with Crippen LogP contribution in [0.25, 0.3) is 11.1 Å². The third kappa shape index (κ3) is 2.86. The van der Waals surface area contributed by atoms with E-state index in [1.807, 2.05) is 0 Å². The molecule has 0 unspecified atom stereocenters. The zero-order valence-electron chi connectivity index (χ0n) is 11.6. The molecule has 2 heterocycles. The third-order valence-corrected chi connectivity index (χ3v) is 4.44. The van der Waals surface area contributed by atoms with Crippen molar-refractivity contribution in [3.63, 3.8) is 0 Å². The number of halogens is 1. The number of hydrogen-bond acceptors (Lipinski definition) is 4. The fraction of sp³-hybridized carbons (Fsp3) is 0. The number of aromatic carboxylic acids is 1. The fourth-order valence-electron chi connectivity index (χ4n) is 2.18. The molecule has 0 atom stereocenters. The molecule has 1 aromatic carbocycles. The van der Waals surface area contributed by atoms with E-state index < -0.39 is 5.97 Å². The van der Waals surface area contributed by atoms with Crippen LogP contribution in [0, 0.1) is 0 Å². The van der Waals surface area contributed by atoms with Gasteiger partial charge < -0.3 is 9.52 Å².